The van der Waals surface area contributed by atoms with Gasteiger partial charge in [-0.05, 0) is 84.3 Å². The molecule has 53 heavy (non-hydrogen) atoms. The minimum Gasteiger partial charge on any atom is -0.508 e. The van der Waals surface area contributed by atoms with E-state index in [-0.39, 0.29) is 54.2 Å². The normalized spacial score (nSPS) is 26.2. The molecule has 1 saturated carbocycles. The summed E-state index contributed by atoms with van der Waals surface area (Å²) in [5, 5.41) is 21.1. The summed E-state index contributed by atoms with van der Waals surface area (Å²) in [5.74, 6) is -4.98. The summed E-state index contributed by atoms with van der Waals surface area (Å²) in [7, 11) is 2.84. The predicted molar refractivity (Wildman–Crippen MR) is 196 cm³/mol. The van der Waals surface area contributed by atoms with Crippen molar-refractivity contribution < 1.29 is 38.9 Å². The molecule has 4 aromatic rings. The summed E-state index contributed by atoms with van der Waals surface area (Å²) < 4.78 is 11.2. The number of carbonyl (C=O) groups excluding carboxylic acids is 4. The lowest BCUT2D eigenvalue weighted by atomic mass is 9.49. The van der Waals surface area contributed by atoms with Crippen LogP contribution in [0.1, 0.15) is 35.4 Å². The van der Waals surface area contributed by atoms with E-state index in [0.29, 0.717) is 28.3 Å². The molecule has 2 saturated heterocycles. The zero-order chi connectivity index (χ0) is 37.2. The monoisotopic (exact) mass is 732 g/mol. The highest BCUT2D eigenvalue weighted by Gasteiger charge is 2.70. The number of anilines is 1. The molecule has 10 nitrogen and oxygen atoms in total. The molecule has 0 unspecified atom stereocenters. The fourth-order valence-corrected chi connectivity index (χ4v) is 9.57. The van der Waals surface area contributed by atoms with Gasteiger partial charge in [-0.2, -0.15) is 0 Å². The van der Waals surface area contributed by atoms with Crippen LogP contribution in [0.15, 0.2) is 103 Å². The number of fused-ring (bicyclic) bond motifs is 4. The second-order valence-corrected chi connectivity index (χ2v) is 14.5. The topological polar surface area (TPSA) is 134 Å². The molecule has 0 aromatic heterocycles. The van der Waals surface area contributed by atoms with Crippen molar-refractivity contribution in [3.8, 4) is 23.0 Å². The van der Waals surface area contributed by atoms with Crippen LogP contribution in [0.5, 0.6) is 23.0 Å². The third-order valence-corrected chi connectivity index (χ3v) is 11.9. The third kappa shape index (κ3) is 5.22. The summed E-state index contributed by atoms with van der Waals surface area (Å²) in [4.78, 5) is 61.4. The number of methoxy groups -OCH3 is 2. The van der Waals surface area contributed by atoms with Gasteiger partial charge in [0.15, 0.2) is 11.5 Å². The number of phenolic OH excluding ortho intramolecular Hbond substituents is 2. The van der Waals surface area contributed by atoms with Crippen molar-refractivity contribution >= 4 is 40.9 Å². The summed E-state index contributed by atoms with van der Waals surface area (Å²) in [6.45, 7) is 0.171. The average molecular weight is 733 g/mol. The van der Waals surface area contributed by atoms with Crippen molar-refractivity contribution in [2.24, 2.45) is 23.7 Å². The Morgan fingerprint density at radius 3 is 2.17 bits per heavy atom. The number of amides is 4. The van der Waals surface area contributed by atoms with Gasteiger partial charge in [0.05, 0.1) is 43.1 Å². The largest absolute Gasteiger partial charge is 0.508 e. The maximum Gasteiger partial charge on any atom is 0.246 e. The van der Waals surface area contributed by atoms with E-state index in [9.17, 15) is 24.6 Å². The Balaban J connectivity index is 1.31. The van der Waals surface area contributed by atoms with Crippen molar-refractivity contribution in [3.05, 3.63) is 124 Å². The summed E-state index contributed by atoms with van der Waals surface area (Å²) >= 11 is 6.41. The number of imide groups is 2. The van der Waals surface area contributed by atoms with Gasteiger partial charge >= 0.3 is 0 Å². The van der Waals surface area contributed by atoms with Crippen LogP contribution >= 0.6 is 11.6 Å². The van der Waals surface area contributed by atoms with Crippen LogP contribution in [0.3, 0.4) is 0 Å². The molecule has 0 spiro atoms. The molecule has 2 aliphatic carbocycles. The summed E-state index contributed by atoms with van der Waals surface area (Å²) in [6.07, 6.45) is 2.82. The zero-order valence-corrected chi connectivity index (χ0v) is 29.8. The standard InChI is InChI=1S/C42H37ClN2O8/c1-52-33-19-24(20-34(53-2)37(33)47)36-29-15-16-30-35(40(50)44(38(30)48)18-17-23-11-13-28(46)14-12-23)31(29)22-32-39(49)45(27-10-6-9-26(43)21-27)41(51)42(32,36)25-7-4-3-5-8-25/h3-15,19-21,30-32,35-36,46-47H,16-18,22H2,1-2H3/t30-,31+,32-,35-,36-,42+/m0/s1. The third-order valence-electron chi connectivity index (χ3n) is 11.7. The van der Waals surface area contributed by atoms with Crippen molar-refractivity contribution in [2.45, 2.75) is 30.6 Å². The minimum atomic E-state index is -1.49. The van der Waals surface area contributed by atoms with Gasteiger partial charge < -0.3 is 19.7 Å². The smallest absolute Gasteiger partial charge is 0.246 e. The minimum absolute atomic E-state index is 0.117. The van der Waals surface area contributed by atoms with Gasteiger partial charge in [-0.25, -0.2) is 4.90 Å². The maximum absolute atomic E-state index is 15.4. The Labute approximate surface area is 311 Å². The number of phenols is 2. The number of benzene rings is 4. The molecule has 2 heterocycles. The lowest BCUT2D eigenvalue weighted by Gasteiger charge is -2.50. The highest BCUT2D eigenvalue weighted by atomic mass is 35.5. The zero-order valence-electron chi connectivity index (χ0n) is 29.1. The molecule has 2 N–H and O–H groups in total. The van der Waals surface area contributed by atoms with Crippen molar-refractivity contribution in [3.63, 3.8) is 0 Å². The molecule has 3 fully saturated rings. The van der Waals surface area contributed by atoms with Gasteiger partial charge in [-0.3, -0.25) is 24.1 Å². The molecule has 2 aliphatic heterocycles. The Kier molecular flexibility index (Phi) is 8.53. The van der Waals surface area contributed by atoms with Crippen LogP contribution in [-0.2, 0) is 31.0 Å². The Bertz CT molecular complexity index is 2160. The van der Waals surface area contributed by atoms with E-state index in [1.807, 2.05) is 36.4 Å². The van der Waals surface area contributed by atoms with E-state index < -0.39 is 46.8 Å². The number of hydrogen-bond acceptors (Lipinski definition) is 8. The van der Waals surface area contributed by atoms with E-state index in [2.05, 4.69) is 0 Å². The predicted octanol–water partition coefficient (Wildman–Crippen LogP) is 6.17. The number of carbonyl (C=O) groups is 4. The molecule has 0 radical (unpaired) electrons. The number of allylic oxidation sites excluding steroid dienone is 2. The number of hydrogen-bond donors (Lipinski definition) is 2. The van der Waals surface area contributed by atoms with E-state index in [4.69, 9.17) is 21.1 Å². The van der Waals surface area contributed by atoms with Crippen LogP contribution in [0.2, 0.25) is 5.02 Å². The number of aromatic hydroxyl groups is 2. The Morgan fingerprint density at radius 2 is 1.51 bits per heavy atom. The second kappa shape index (κ2) is 13.1. The second-order valence-electron chi connectivity index (χ2n) is 14.1. The first-order valence-electron chi connectivity index (χ1n) is 17.6. The summed E-state index contributed by atoms with van der Waals surface area (Å²) in [6, 6.07) is 25.8. The summed E-state index contributed by atoms with van der Waals surface area (Å²) in [5.41, 5.74) is 1.65. The SMILES string of the molecule is COc1cc([C@H]2C3=CC[C@@H]4C(=O)N(CCc5ccc(O)cc5)C(=O)[C@@H]4[C@@H]3C[C@H]3C(=O)N(c4cccc(Cl)c4)C(=O)[C@@]23c2ccccc2)cc(OC)c1O. The maximum atomic E-state index is 15.4. The molecular formula is C42H37ClN2O8. The molecule has 4 amide bonds. The fraction of sp³-hybridized carbons (Fsp3) is 0.286. The molecule has 8 rings (SSSR count). The van der Waals surface area contributed by atoms with Crippen LogP contribution in [0.4, 0.5) is 5.69 Å². The first-order chi connectivity index (χ1) is 25.6. The molecular weight excluding hydrogens is 696 g/mol. The first kappa shape index (κ1) is 34.5. The van der Waals surface area contributed by atoms with Crippen LogP contribution in [0, 0.1) is 23.7 Å². The number of rotatable bonds is 8. The first-order valence-corrected chi connectivity index (χ1v) is 17.9. The van der Waals surface area contributed by atoms with E-state index in [1.165, 1.54) is 24.0 Å². The van der Waals surface area contributed by atoms with Crippen LogP contribution in [0.25, 0.3) is 0 Å². The molecule has 11 heteroatoms. The van der Waals surface area contributed by atoms with Gasteiger partial charge in [-0.15, -0.1) is 0 Å². The van der Waals surface area contributed by atoms with Crippen LogP contribution in [-0.4, -0.2) is 59.5 Å². The van der Waals surface area contributed by atoms with Gasteiger partial charge in [0, 0.05) is 17.5 Å². The highest BCUT2D eigenvalue weighted by molar-refractivity contribution is 6.32. The van der Waals surface area contributed by atoms with Crippen molar-refractivity contribution in [1.82, 2.24) is 4.90 Å². The van der Waals surface area contributed by atoms with Crippen molar-refractivity contribution in [2.75, 3.05) is 25.7 Å². The Hall–Kier alpha value is -5.61. The number of likely N-dealkylation sites (tertiary alicyclic amines) is 1. The van der Waals surface area contributed by atoms with Gasteiger partial charge in [0.25, 0.3) is 0 Å². The van der Waals surface area contributed by atoms with Crippen molar-refractivity contribution in [1.29, 1.82) is 0 Å². The Morgan fingerprint density at radius 1 is 0.811 bits per heavy atom. The van der Waals surface area contributed by atoms with Gasteiger partial charge in [0.1, 0.15) is 5.75 Å². The van der Waals surface area contributed by atoms with Gasteiger partial charge in [0.2, 0.25) is 29.4 Å². The lowest BCUT2D eigenvalue weighted by molar-refractivity contribution is -0.140. The quantitative estimate of drug-likeness (QED) is 0.162. The number of nitrogens with zero attached hydrogens (tertiary/aromatic N) is 2. The van der Waals surface area contributed by atoms with E-state index in [1.54, 1.807) is 60.7 Å². The number of ether oxygens (including phenoxy) is 2. The van der Waals surface area contributed by atoms with Gasteiger partial charge in [-0.1, -0.05) is 71.8 Å². The molecule has 0 bridgehead atoms. The highest BCUT2D eigenvalue weighted by Crippen LogP contribution is 2.65. The van der Waals surface area contributed by atoms with Crippen LogP contribution < -0.4 is 14.4 Å². The molecule has 6 atom stereocenters. The van der Waals surface area contributed by atoms with E-state index >= 15 is 4.79 Å². The molecule has 270 valence electrons. The van der Waals surface area contributed by atoms with E-state index in [0.717, 1.165) is 11.1 Å². The average Bonchev–Trinajstić information content (AvgIpc) is 3.55. The lowest BCUT2D eigenvalue weighted by Crippen LogP contribution is -2.53. The fourth-order valence-electron chi connectivity index (χ4n) is 9.39. The molecule has 4 aliphatic rings. The molecule has 4 aromatic carbocycles. The number of halogens is 1.